The van der Waals surface area contributed by atoms with E-state index in [1.807, 2.05) is 6.92 Å². The van der Waals surface area contributed by atoms with Crippen LogP contribution in [0.5, 0.6) is 0 Å². The molecule has 0 heterocycles. The van der Waals surface area contributed by atoms with Crippen LogP contribution in [0.25, 0.3) is 0 Å². The van der Waals surface area contributed by atoms with Crippen molar-refractivity contribution in [3.05, 3.63) is 24.8 Å². The van der Waals surface area contributed by atoms with Crippen molar-refractivity contribution in [3.8, 4) is 0 Å². The molecule has 12 heavy (non-hydrogen) atoms. The lowest BCUT2D eigenvalue weighted by molar-refractivity contribution is -0.114. The molecule has 0 saturated heterocycles. The lowest BCUT2D eigenvalue weighted by atomic mass is 10.2. The summed E-state index contributed by atoms with van der Waals surface area (Å²) in [6.07, 6.45) is 2.30. The Morgan fingerprint density at radius 1 is 1.58 bits per heavy atom. The summed E-state index contributed by atoms with van der Waals surface area (Å²) in [5.41, 5.74) is 10.2. The molecule has 0 aromatic carbocycles. The summed E-state index contributed by atoms with van der Waals surface area (Å²) in [4.78, 5) is 10.1. The van der Waals surface area contributed by atoms with Crippen molar-refractivity contribution < 1.29 is 4.79 Å². The predicted octanol–water partition coefficient (Wildman–Crippen LogP) is 0.991. The normalized spacial score (nSPS) is 6.83. The Hall–Kier alpha value is -0.800. The molecule has 0 rings (SSSR count). The van der Waals surface area contributed by atoms with Crippen LogP contribution in [0.1, 0.15) is 13.3 Å². The molecule has 4 heteroatoms. The van der Waals surface area contributed by atoms with Gasteiger partial charge in [0.15, 0.2) is 0 Å². The Balaban J connectivity index is -0.000000142. The van der Waals surface area contributed by atoms with Gasteiger partial charge < -0.3 is 11.5 Å². The van der Waals surface area contributed by atoms with E-state index in [1.54, 1.807) is 6.08 Å². The van der Waals surface area contributed by atoms with Gasteiger partial charge in [0, 0.05) is 12.1 Å². The average Bonchev–Trinajstić information content (AvgIpc) is 2.03. The number of carbonyl (C=O) groups excluding carboxylic acids is 1. The van der Waals surface area contributed by atoms with Crippen LogP contribution in [0, 0.1) is 0 Å². The van der Waals surface area contributed by atoms with Crippen LogP contribution < -0.4 is 11.5 Å². The molecule has 1 amide bonds. The maximum atomic E-state index is 10.1. The number of carbonyl (C=O) groups is 1. The van der Waals surface area contributed by atoms with Crippen molar-refractivity contribution in [2.75, 3.05) is 6.54 Å². The van der Waals surface area contributed by atoms with E-state index in [0.717, 1.165) is 0 Å². The zero-order valence-electron chi connectivity index (χ0n) is 7.38. The van der Waals surface area contributed by atoms with Crippen LogP contribution in [0.4, 0.5) is 0 Å². The predicted molar refractivity (Wildman–Crippen MR) is 55.1 cm³/mol. The van der Waals surface area contributed by atoms with Crippen molar-refractivity contribution >= 4 is 18.3 Å². The largest absolute Gasteiger partial charge is 0.366 e. The highest BCUT2D eigenvalue weighted by molar-refractivity contribution is 5.91. The second-order valence-corrected chi connectivity index (χ2v) is 1.85. The minimum atomic E-state index is -0.400. The second kappa shape index (κ2) is 12.8. The summed E-state index contributed by atoms with van der Waals surface area (Å²) < 4.78 is 0. The molecule has 0 spiro atoms. The first-order chi connectivity index (χ1) is 5.09. The van der Waals surface area contributed by atoms with E-state index >= 15 is 0 Å². The highest BCUT2D eigenvalue weighted by Crippen LogP contribution is 1.91. The second-order valence-electron chi connectivity index (χ2n) is 1.85. The van der Waals surface area contributed by atoms with Crippen LogP contribution in [0.2, 0.25) is 0 Å². The van der Waals surface area contributed by atoms with E-state index in [-0.39, 0.29) is 12.4 Å². The molecule has 0 aliphatic rings. The number of halogens is 1. The number of primary amides is 1. The zero-order valence-corrected chi connectivity index (χ0v) is 8.19. The quantitative estimate of drug-likeness (QED) is 0.517. The number of nitrogens with two attached hydrogens (primary N) is 2. The minimum absolute atomic E-state index is 0. The fourth-order valence-electron chi connectivity index (χ4n) is 0.174. The third kappa shape index (κ3) is 16.1. The molecule has 3 nitrogen and oxygen atoms in total. The molecular formula is C8H17ClN2O. The van der Waals surface area contributed by atoms with Crippen LogP contribution in [0.15, 0.2) is 24.8 Å². The van der Waals surface area contributed by atoms with Crippen LogP contribution in [-0.4, -0.2) is 12.5 Å². The molecule has 4 N–H and O–H groups in total. The molecule has 0 unspecified atom stereocenters. The van der Waals surface area contributed by atoms with Gasteiger partial charge in [-0.2, -0.15) is 0 Å². The van der Waals surface area contributed by atoms with Gasteiger partial charge in [-0.1, -0.05) is 19.6 Å². The van der Waals surface area contributed by atoms with E-state index in [1.165, 1.54) is 0 Å². The number of rotatable bonds is 3. The summed E-state index contributed by atoms with van der Waals surface area (Å²) in [7, 11) is 0. The van der Waals surface area contributed by atoms with Crippen molar-refractivity contribution in [2.24, 2.45) is 11.5 Å². The molecule has 0 aliphatic carbocycles. The Bertz CT molecular complexity index is 146. The molecule has 0 radical (unpaired) electrons. The highest BCUT2D eigenvalue weighted by Gasteiger charge is 1.93. The fourth-order valence-corrected chi connectivity index (χ4v) is 0.174. The van der Waals surface area contributed by atoms with Gasteiger partial charge in [-0.05, 0) is 6.42 Å². The molecule has 0 aliphatic heterocycles. The Labute approximate surface area is 79.9 Å². The van der Waals surface area contributed by atoms with E-state index in [4.69, 9.17) is 11.5 Å². The van der Waals surface area contributed by atoms with Crippen LogP contribution in [0.3, 0.4) is 0 Å². The van der Waals surface area contributed by atoms with Crippen molar-refractivity contribution in [3.63, 3.8) is 0 Å². The monoisotopic (exact) mass is 192 g/mol. The number of hydrogen-bond donors (Lipinski definition) is 2. The number of amides is 1. The van der Waals surface area contributed by atoms with Gasteiger partial charge in [-0.25, -0.2) is 0 Å². The fraction of sp³-hybridized carbons (Fsp3) is 0.375. The topological polar surface area (TPSA) is 69.1 Å². The highest BCUT2D eigenvalue weighted by atomic mass is 35.5. The SMILES string of the molecule is C=C(CC)C(N)=O.C=CCN.Cl. The molecule has 0 saturated carbocycles. The Kier molecular flexibility index (Phi) is 18.5. The number of hydrogen-bond acceptors (Lipinski definition) is 2. The van der Waals surface area contributed by atoms with Crippen LogP contribution in [-0.2, 0) is 4.79 Å². The molecule has 0 bridgehead atoms. The molecule has 0 aromatic rings. The maximum Gasteiger partial charge on any atom is 0.244 e. The Morgan fingerprint density at radius 2 is 1.92 bits per heavy atom. The standard InChI is InChI=1S/C5H9NO.C3H7N.ClH/c1-3-4(2)5(6)7;1-2-3-4;/h2-3H2,1H3,(H2,6,7);2H,1,3-4H2;1H. The van der Waals surface area contributed by atoms with E-state index in [9.17, 15) is 4.79 Å². The van der Waals surface area contributed by atoms with E-state index in [2.05, 4.69) is 13.2 Å². The third-order valence-electron chi connectivity index (χ3n) is 0.942. The maximum absolute atomic E-state index is 10.1. The van der Waals surface area contributed by atoms with E-state index < -0.39 is 5.91 Å². The van der Waals surface area contributed by atoms with Gasteiger partial charge in [0.2, 0.25) is 5.91 Å². The lowest BCUT2D eigenvalue weighted by Gasteiger charge is -1.89. The van der Waals surface area contributed by atoms with Gasteiger partial charge in [0.1, 0.15) is 0 Å². The first-order valence-corrected chi connectivity index (χ1v) is 3.38. The van der Waals surface area contributed by atoms with E-state index in [0.29, 0.717) is 18.5 Å². The third-order valence-corrected chi connectivity index (χ3v) is 0.942. The lowest BCUT2D eigenvalue weighted by Crippen LogP contribution is -2.11. The van der Waals surface area contributed by atoms with Gasteiger partial charge in [0.05, 0.1) is 0 Å². The van der Waals surface area contributed by atoms with Gasteiger partial charge in [0.25, 0.3) is 0 Å². The van der Waals surface area contributed by atoms with Gasteiger partial charge in [-0.15, -0.1) is 19.0 Å². The van der Waals surface area contributed by atoms with Crippen molar-refractivity contribution in [1.82, 2.24) is 0 Å². The summed E-state index contributed by atoms with van der Waals surface area (Å²) in [6, 6.07) is 0. The van der Waals surface area contributed by atoms with Crippen molar-refractivity contribution in [1.29, 1.82) is 0 Å². The first-order valence-electron chi connectivity index (χ1n) is 3.38. The summed E-state index contributed by atoms with van der Waals surface area (Å²) >= 11 is 0. The molecular weight excluding hydrogens is 176 g/mol. The van der Waals surface area contributed by atoms with Gasteiger partial charge >= 0.3 is 0 Å². The summed E-state index contributed by atoms with van der Waals surface area (Å²) in [5.74, 6) is -0.400. The molecule has 0 aromatic heterocycles. The summed E-state index contributed by atoms with van der Waals surface area (Å²) in [5, 5.41) is 0. The smallest absolute Gasteiger partial charge is 0.244 e. The molecule has 0 fully saturated rings. The molecule has 0 atom stereocenters. The van der Waals surface area contributed by atoms with Gasteiger partial charge in [-0.3, -0.25) is 4.79 Å². The molecule has 72 valence electrons. The average molecular weight is 193 g/mol. The van der Waals surface area contributed by atoms with Crippen molar-refractivity contribution in [2.45, 2.75) is 13.3 Å². The summed E-state index contributed by atoms with van der Waals surface area (Å²) in [6.45, 7) is 9.18. The Morgan fingerprint density at radius 3 is 1.92 bits per heavy atom. The van der Waals surface area contributed by atoms with Crippen LogP contribution >= 0.6 is 12.4 Å². The minimum Gasteiger partial charge on any atom is -0.366 e. The zero-order chi connectivity index (χ0) is 9.28. The first kappa shape index (κ1) is 17.3.